The van der Waals surface area contributed by atoms with E-state index in [-0.39, 0.29) is 0 Å². The predicted octanol–water partition coefficient (Wildman–Crippen LogP) is 2.90. The molecule has 3 nitrogen and oxygen atoms in total. The van der Waals surface area contributed by atoms with Crippen LogP contribution in [0.5, 0.6) is 0 Å². The Morgan fingerprint density at radius 1 is 0.941 bits per heavy atom. The second-order valence-corrected chi connectivity index (χ2v) is 7.32. The summed E-state index contributed by atoms with van der Waals surface area (Å²) in [5.41, 5.74) is 0. The van der Waals surface area contributed by atoms with E-state index in [4.69, 9.17) is 34.8 Å². The smallest absolute Gasteiger partial charge is 0.128 e. The van der Waals surface area contributed by atoms with Gasteiger partial charge in [-0.2, -0.15) is 0 Å². The molecular formula is C10H22Cl3N2OP. The Hall–Kier alpha value is 1.05. The molecular weight excluding hydrogens is 301 g/mol. The largest absolute Gasteiger partial charge is 0.351 e. The quantitative estimate of drug-likeness (QED) is 0.495. The molecule has 0 aliphatic rings. The maximum absolute atomic E-state index is 10.6. The van der Waals surface area contributed by atoms with E-state index in [1.165, 1.54) is 0 Å². The van der Waals surface area contributed by atoms with Crippen LogP contribution in [0, 0.1) is 0 Å². The molecule has 17 heavy (non-hydrogen) atoms. The molecule has 0 bridgehead atoms. The summed E-state index contributed by atoms with van der Waals surface area (Å²) in [4.78, 5) is 10.6. The highest BCUT2D eigenvalue weighted by atomic mass is 35.5. The van der Waals surface area contributed by atoms with Crippen molar-refractivity contribution < 1.29 is 4.89 Å². The van der Waals surface area contributed by atoms with E-state index in [2.05, 4.69) is 13.2 Å². The molecule has 0 aliphatic heterocycles. The molecule has 1 atom stereocenters. The van der Waals surface area contributed by atoms with Gasteiger partial charge in [-0.1, -0.05) is 6.92 Å². The topological polar surface area (TPSA) is 26.7 Å². The summed E-state index contributed by atoms with van der Waals surface area (Å²) in [5.74, 6) is 1.39. The van der Waals surface area contributed by atoms with Crippen molar-refractivity contribution in [3.05, 3.63) is 0 Å². The third-order valence-electron chi connectivity index (χ3n) is 2.42. The van der Waals surface area contributed by atoms with Crippen LogP contribution in [0.15, 0.2) is 0 Å². The third kappa shape index (κ3) is 6.15. The van der Waals surface area contributed by atoms with Gasteiger partial charge in [0.2, 0.25) is 0 Å². The second-order valence-electron chi connectivity index (χ2n) is 3.67. The fraction of sp³-hybridized carbons (Fsp3) is 0.900. The Morgan fingerprint density at radius 2 is 1.29 bits per heavy atom. The van der Waals surface area contributed by atoms with Gasteiger partial charge in [0, 0.05) is 43.8 Å². The number of hydrogen-bond acceptors (Lipinski definition) is 3. The Balaban J connectivity index is 4.78. The summed E-state index contributed by atoms with van der Waals surface area (Å²) in [7, 11) is -2.57. The summed E-state index contributed by atoms with van der Waals surface area (Å²) in [5, 5.41) is 0. The molecule has 0 aromatic carbocycles. The van der Waals surface area contributed by atoms with E-state index in [0.29, 0.717) is 37.3 Å². The first-order valence-electron chi connectivity index (χ1n) is 5.69. The highest BCUT2D eigenvalue weighted by molar-refractivity contribution is 7.63. The summed E-state index contributed by atoms with van der Waals surface area (Å²) in [6.07, 6.45) is 4.94. The zero-order chi connectivity index (χ0) is 13.3. The SMILES string of the molecule is C=P(O)(N(CCC)CCCl)N(CCCl)CCCl. The Bertz CT molecular complexity index is 212. The first-order chi connectivity index (χ1) is 8.04. The molecule has 104 valence electrons. The van der Waals surface area contributed by atoms with Crippen LogP contribution < -0.4 is 0 Å². The van der Waals surface area contributed by atoms with E-state index in [1.807, 2.05) is 9.34 Å². The van der Waals surface area contributed by atoms with Gasteiger partial charge in [0.25, 0.3) is 0 Å². The summed E-state index contributed by atoms with van der Waals surface area (Å²) >= 11 is 17.3. The van der Waals surface area contributed by atoms with E-state index >= 15 is 0 Å². The van der Waals surface area contributed by atoms with Crippen LogP contribution in [-0.2, 0) is 0 Å². The Labute approximate surface area is 120 Å². The summed E-state index contributed by atoms with van der Waals surface area (Å²) < 4.78 is 3.84. The van der Waals surface area contributed by atoms with Crippen LogP contribution in [0.1, 0.15) is 13.3 Å². The fourth-order valence-corrected chi connectivity index (χ4v) is 4.70. The van der Waals surface area contributed by atoms with Gasteiger partial charge in [0.05, 0.1) is 0 Å². The molecule has 0 radical (unpaired) electrons. The molecule has 1 N–H and O–H groups in total. The zero-order valence-electron chi connectivity index (χ0n) is 10.3. The molecule has 0 saturated carbocycles. The third-order valence-corrected chi connectivity index (χ3v) is 5.53. The number of nitrogens with zero attached hydrogens (tertiary/aromatic N) is 2. The predicted molar refractivity (Wildman–Crippen MR) is 81.9 cm³/mol. The zero-order valence-corrected chi connectivity index (χ0v) is 13.4. The fourth-order valence-electron chi connectivity index (χ4n) is 1.59. The number of hydrogen-bond donors (Lipinski definition) is 1. The molecule has 0 spiro atoms. The van der Waals surface area contributed by atoms with Crippen LogP contribution in [0.2, 0.25) is 0 Å². The van der Waals surface area contributed by atoms with E-state index < -0.39 is 7.41 Å². The molecule has 0 rings (SSSR count). The van der Waals surface area contributed by atoms with Crippen LogP contribution in [0.3, 0.4) is 0 Å². The van der Waals surface area contributed by atoms with E-state index in [9.17, 15) is 4.89 Å². The lowest BCUT2D eigenvalue weighted by molar-refractivity contribution is 0.344. The van der Waals surface area contributed by atoms with Gasteiger partial charge in [0.1, 0.15) is 7.41 Å². The highest BCUT2D eigenvalue weighted by Crippen LogP contribution is 2.48. The van der Waals surface area contributed by atoms with Gasteiger partial charge in [-0.05, 0) is 12.7 Å². The molecule has 0 heterocycles. The van der Waals surface area contributed by atoms with Gasteiger partial charge in [-0.25, -0.2) is 4.67 Å². The monoisotopic (exact) mass is 322 g/mol. The second kappa shape index (κ2) is 9.91. The van der Waals surface area contributed by atoms with Crippen molar-refractivity contribution in [2.24, 2.45) is 0 Å². The van der Waals surface area contributed by atoms with Crippen molar-refractivity contribution in [2.45, 2.75) is 13.3 Å². The van der Waals surface area contributed by atoms with Gasteiger partial charge in [-0.15, -0.1) is 34.8 Å². The average Bonchev–Trinajstić information content (AvgIpc) is 2.28. The molecule has 0 aromatic rings. The number of rotatable bonds is 10. The minimum Gasteiger partial charge on any atom is -0.351 e. The minimum atomic E-state index is -2.57. The van der Waals surface area contributed by atoms with Crippen molar-refractivity contribution in [3.8, 4) is 0 Å². The first-order valence-corrected chi connectivity index (χ1v) is 9.13. The van der Waals surface area contributed by atoms with Crippen molar-refractivity contribution in [1.82, 2.24) is 9.34 Å². The molecule has 0 fully saturated rings. The summed E-state index contributed by atoms with van der Waals surface area (Å²) in [6.45, 7) is 4.65. The van der Waals surface area contributed by atoms with Gasteiger partial charge in [-0.3, -0.25) is 4.67 Å². The number of alkyl halides is 3. The van der Waals surface area contributed by atoms with Gasteiger partial charge >= 0.3 is 0 Å². The van der Waals surface area contributed by atoms with Crippen molar-refractivity contribution >= 4 is 48.5 Å². The van der Waals surface area contributed by atoms with Crippen molar-refractivity contribution in [1.29, 1.82) is 0 Å². The van der Waals surface area contributed by atoms with Crippen molar-refractivity contribution in [3.63, 3.8) is 0 Å². The lowest BCUT2D eigenvalue weighted by Crippen LogP contribution is -2.35. The molecule has 0 saturated heterocycles. The molecule has 1 unspecified atom stereocenters. The van der Waals surface area contributed by atoms with E-state index in [0.717, 1.165) is 13.0 Å². The lowest BCUT2D eigenvalue weighted by Gasteiger charge is -2.40. The molecule has 0 amide bonds. The lowest BCUT2D eigenvalue weighted by atomic mass is 10.5. The van der Waals surface area contributed by atoms with Gasteiger partial charge < -0.3 is 4.89 Å². The summed E-state index contributed by atoms with van der Waals surface area (Å²) in [6, 6.07) is 0. The number of halogens is 3. The molecule has 7 heteroatoms. The maximum atomic E-state index is 10.6. The van der Waals surface area contributed by atoms with Gasteiger partial charge in [0.15, 0.2) is 0 Å². The van der Waals surface area contributed by atoms with Crippen LogP contribution >= 0.6 is 42.2 Å². The van der Waals surface area contributed by atoms with Crippen LogP contribution in [0.25, 0.3) is 0 Å². The highest BCUT2D eigenvalue weighted by Gasteiger charge is 2.26. The standard InChI is InChI=1S/C10H22Cl3N2OP/c1-3-7-14(8-4-11)17(2,16)15(9-5-12)10-6-13/h16H,2-10H2,1H3. The maximum Gasteiger partial charge on any atom is 0.128 e. The average molecular weight is 324 g/mol. The minimum absolute atomic E-state index is 0.454. The molecule has 0 aromatic heterocycles. The Morgan fingerprint density at radius 3 is 1.59 bits per heavy atom. The van der Waals surface area contributed by atoms with E-state index in [1.54, 1.807) is 0 Å². The van der Waals surface area contributed by atoms with Crippen molar-refractivity contribution in [2.75, 3.05) is 43.8 Å². The molecule has 0 aliphatic carbocycles. The normalized spacial score (nSPS) is 15.5. The first kappa shape index (κ1) is 18.0. The van der Waals surface area contributed by atoms with Crippen LogP contribution in [0.4, 0.5) is 0 Å². The Kier molecular flexibility index (Phi) is 10.5. The van der Waals surface area contributed by atoms with Crippen LogP contribution in [-0.4, -0.2) is 64.4 Å².